The Bertz CT molecular complexity index is 4040. The molecule has 12 aliphatic carbocycles. The fourth-order valence-corrected chi connectivity index (χ4v) is 27.6. The van der Waals surface area contributed by atoms with Crippen LogP contribution in [0, 0.1) is 121 Å². The quantitative estimate of drug-likeness (QED) is 0.0698. The normalized spacial score (nSPS) is 45.5. The summed E-state index contributed by atoms with van der Waals surface area (Å²) in [6.45, 7) is 20.8. The lowest BCUT2D eigenvalue weighted by atomic mass is 9.43. The van der Waals surface area contributed by atoms with E-state index in [1.54, 1.807) is 48.1 Å². The topological polar surface area (TPSA) is 276 Å². The van der Waals surface area contributed by atoms with Crippen LogP contribution in [-0.2, 0) is 27.5 Å². The van der Waals surface area contributed by atoms with E-state index in [1.807, 2.05) is 56.0 Å². The second-order valence-electron chi connectivity index (χ2n) is 38.4. The van der Waals surface area contributed by atoms with E-state index in [4.69, 9.17) is 0 Å². The highest BCUT2D eigenvalue weighted by Gasteiger charge is 2.68. The molecular weight excluding hydrogens is 1360 g/mol. The number of nitrogens with zero attached hydrogens (tertiary/aromatic N) is 8. The number of hydrogen-bond donors (Lipinski definition) is 7. The van der Waals surface area contributed by atoms with Crippen LogP contribution in [0.15, 0.2) is 74.0 Å². The molecule has 0 unspecified atom stereocenters. The van der Waals surface area contributed by atoms with Crippen LogP contribution < -0.4 is 0 Å². The summed E-state index contributed by atoms with van der Waals surface area (Å²) >= 11 is 3.39. The molecule has 12 fully saturated rings. The summed E-state index contributed by atoms with van der Waals surface area (Å²) < 4.78 is 3.59. The van der Waals surface area contributed by atoms with Gasteiger partial charge < -0.3 is 30.6 Å². The van der Waals surface area contributed by atoms with Gasteiger partial charge in [0.2, 0.25) is 0 Å². The Morgan fingerprint density at radius 3 is 1.32 bits per heavy atom. The molecule has 0 radical (unpaired) electrons. The van der Waals surface area contributed by atoms with Gasteiger partial charge in [-0.3, -0.25) is 43.8 Å². The van der Waals surface area contributed by atoms with Crippen molar-refractivity contribution in [3.8, 4) is 0 Å². The first kappa shape index (κ1) is 73.6. The Balaban J connectivity index is 0.000000118. The number of aliphatic hydroxyl groups excluding tert-OH is 3. The van der Waals surface area contributed by atoms with Gasteiger partial charge in [0.05, 0.1) is 89.0 Å². The third-order valence-electron chi connectivity index (χ3n) is 32.9. The maximum absolute atomic E-state index is 13.6. The number of ketones is 3. The molecule has 6 heterocycles. The van der Waals surface area contributed by atoms with Crippen molar-refractivity contribution < 1.29 is 45.0 Å². The van der Waals surface area contributed by atoms with Gasteiger partial charge in [0.25, 0.3) is 0 Å². The predicted molar refractivity (Wildman–Crippen MR) is 399 cm³/mol. The summed E-state index contributed by atoms with van der Waals surface area (Å²) in [5.74, 6) is 6.04. The number of fused-ring (bicyclic) bond motifs is 18. The number of alkyl halides is 1. The summed E-state index contributed by atoms with van der Waals surface area (Å²) in [7, 11) is 0. The zero-order valence-corrected chi connectivity index (χ0v) is 64.4. The Hall–Kier alpha value is -4.89. The maximum atomic E-state index is 13.6. The Labute approximate surface area is 617 Å². The standard InChI is InChI=1S/2C28H39N3O3.C22H35BrO3.C6H5N3/c1-26(34)9-10-27(2)18(13-26)12-23(32)25-20-5-4-19(28(20,3)8-6-21(25)27)24(33)16-31-15-17-7-11-29-14-22(17)30-31;1-26(34)9-10-27(2)18(13-26)12-23(32)25-20-5-4-19(28(20,3)8-6-21(25)27)24(33)16-31-22-15-29-11-7-17(22)14-30-31;1-20(26)8-9-21(2)13(11-20)10-17(24)19-15-5-4-14(18(25)12-23)22(15,3)7-6-16(19)21;1-2-7-4-6-5(1)3-8-9-6/h2*7,11,14-15,18-21,23,25,32,34H,4-6,8-10,12-13,16H2,1-3H3;13-17,19,24,26H,4-12H2,1-3H3;1-4H,(H,8,9)/t2*18-,19+,20-,21-,23+,25-,26+,27-,28+;13-,14+,15-,16-,17+,19-,20+,21-,22+;/m000./s1. The second kappa shape index (κ2) is 27.0. The second-order valence-corrected chi connectivity index (χ2v) is 38.9. The van der Waals surface area contributed by atoms with Gasteiger partial charge in [0.15, 0.2) is 11.6 Å². The van der Waals surface area contributed by atoms with Gasteiger partial charge in [-0.1, -0.05) is 57.5 Å². The van der Waals surface area contributed by atoms with Crippen molar-refractivity contribution in [2.75, 3.05) is 5.33 Å². The summed E-state index contributed by atoms with van der Waals surface area (Å²) in [6, 6.07) is 5.78. The van der Waals surface area contributed by atoms with E-state index in [0.29, 0.717) is 83.4 Å². The minimum absolute atomic E-state index is 0.0270. The van der Waals surface area contributed by atoms with Gasteiger partial charge in [-0.15, -0.1) is 0 Å². The summed E-state index contributed by atoms with van der Waals surface area (Å²) in [6.07, 6.45) is 38.3. The Morgan fingerprint density at radius 2 is 0.874 bits per heavy atom. The first-order valence-electron chi connectivity index (χ1n) is 39.9. The smallest absolute Gasteiger partial charge is 0.157 e. The average Bonchev–Trinajstić information content (AvgIpc) is 1.71. The maximum Gasteiger partial charge on any atom is 0.157 e. The fraction of sp³-hybridized carbons (Fsp3) is 0.750. The molecule has 6 aromatic heterocycles. The molecule has 12 saturated carbocycles. The molecule has 0 spiro atoms. The van der Waals surface area contributed by atoms with E-state index in [9.17, 15) is 45.0 Å². The molecule has 560 valence electrons. The molecule has 27 atom stereocenters. The van der Waals surface area contributed by atoms with Crippen molar-refractivity contribution in [1.82, 2.24) is 44.7 Å². The van der Waals surface area contributed by atoms with Crippen molar-refractivity contribution in [3.63, 3.8) is 0 Å². The molecule has 18 rings (SSSR count). The number of carbonyl (C=O) groups is 3. The van der Waals surface area contributed by atoms with Crippen LogP contribution in [0.3, 0.4) is 0 Å². The van der Waals surface area contributed by atoms with Crippen molar-refractivity contribution in [3.05, 3.63) is 74.0 Å². The molecule has 0 bridgehead atoms. The number of aromatic nitrogens is 9. The van der Waals surface area contributed by atoms with Gasteiger partial charge in [-0.2, -0.15) is 15.3 Å². The highest BCUT2D eigenvalue weighted by Crippen LogP contribution is 2.72. The number of nitrogens with one attached hydrogen (secondary N) is 1. The largest absolute Gasteiger partial charge is 0.393 e. The minimum Gasteiger partial charge on any atom is -0.393 e. The number of H-pyrrole nitrogens is 1. The van der Waals surface area contributed by atoms with E-state index in [-0.39, 0.29) is 92.0 Å². The third-order valence-corrected chi connectivity index (χ3v) is 33.4. The highest BCUT2D eigenvalue weighted by atomic mass is 79.9. The number of aliphatic hydroxyl groups is 6. The Kier molecular flexibility index (Phi) is 19.3. The van der Waals surface area contributed by atoms with E-state index >= 15 is 0 Å². The zero-order valence-electron chi connectivity index (χ0n) is 62.8. The molecule has 0 saturated heterocycles. The average molecular weight is 1480 g/mol. The molecule has 18 nitrogen and oxygen atoms in total. The zero-order chi connectivity index (χ0) is 72.8. The van der Waals surface area contributed by atoms with Gasteiger partial charge in [0, 0.05) is 58.7 Å². The van der Waals surface area contributed by atoms with Crippen molar-refractivity contribution in [2.24, 2.45) is 121 Å². The molecule has 0 amide bonds. The SMILES string of the molecule is C[C@@]1(O)CC[C@@]2(C)[C@@H](C[C@@H](O)[C@@H]3[C@@H]2CC[C@]2(C)[C@@H](C(=O)CBr)CC[C@@H]32)C1.C[C@@]1(O)CC[C@@]2(C)[C@@H](C[C@@H](O)[C@@H]3[C@@H]2CC[C@]2(C)[C@@H](C(=O)Cn4cc5ccncc5n4)CC[C@@H]32)C1.C[C@@]1(O)CC[C@@]2(C)[C@@H](C[C@@H](O)[C@@H]3[C@@H]2CC[C@]2(C)[C@@H](C(=O)Cn4ncc5ccncc54)CC[C@@H]32)C1.c1cc2cn[nH]c2cn1. The van der Waals surface area contributed by atoms with Crippen LogP contribution in [0.25, 0.3) is 32.7 Å². The lowest BCUT2D eigenvalue weighted by molar-refractivity contribution is -0.185. The van der Waals surface area contributed by atoms with Crippen LogP contribution in [0.4, 0.5) is 0 Å². The van der Waals surface area contributed by atoms with E-state index < -0.39 is 16.8 Å². The van der Waals surface area contributed by atoms with Crippen LogP contribution in [0.1, 0.15) is 216 Å². The number of rotatable bonds is 8. The molecule has 0 aliphatic heterocycles. The van der Waals surface area contributed by atoms with Crippen LogP contribution in [0.5, 0.6) is 0 Å². The van der Waals surface area contributed by atoms with E-state index in [0.717, 1.165) is 187 Å². The van der Waals surface area contributed by atoms with Gasteiger partial charge >= 0.3 is 0 Å². The summed E-state index contributed by atoms with van der Waals surface area (Å²) in [5.41, 5.74) is 1.55. The number of Topliss-reactive ketones (excluding diaryl/α,β-unsaturated/α-hetero) is 3. The van der Waals surface area contributed by atoms with Gasteiger partial charge in [-0.05, 0) is 297 Å². The van der Waals surface area contributed by atoms with Gasteiger partial charge in [-0.25, -0.2) is 0 Å². The van der Waals surface area contributed by atoms with E-state index in [1.165, 1.54) is 0 Å². The molecule has 7 N–H and O–H groups in total. The fourth-order valence-electron chi connectivity index (χ4n) is 27.2. The predicted octanol–water partition coefficient (Wildman–Crippen LogP) is 14.1. The molecule has 19 heteroatoms. The van der Waals surface area contributed by atoms with Crippen molar-refractivity contribution in [2.45, 2.75) is 265 Å². The van der Waals surface area contributed by atoms with Crippen LogP contribution in [-0.4, -0.2) is 133 Å². The summed E-state index contributed by atoms with van der Waals surface area (Å²) in [4.78, 5) is 52.0. The number of hydrogen-bond acceptors (Lipinski definition) is 15. The van der Waals surface area contributed by atoms with Crippen LogP contribution >= 0.6 is 15.9 Å². The third kappa shape index (κ3) is 12.8. The molecule has 12 aliphatic rings. The van der Waals surface area contributed by atoms with Crippen LogP contribution in [0.2, 0.25) is 0 Å². The number of pyridine rings is 3. The Morgan fingerprint density at radius 1 is 0.466 bits per heavy atom. The molecule has 6 aromatic rings. The highest BCUT2D eigenvalue weighted by molar-refractivity contribution is 9.09. The molecule has 0 aromatic carbocycles. The van der Waals surface area contributed by atoms with Crippen molar-refractivity contribution >= 4 is 66.0 Å². The first-order valence-corrected chi connectivity index (χ1v) is 41.1. The van der Waals surface area contributed by atoms with Gasteiger partial charge in [0.1, 0.15) is 17.8 Å². The van der Waals surface area contributed by atoms with E-state index in [2.05, 4.69) is 92.8 Å². The minimum atomic E-state index is -0.600. The lowest BCUT2D eigenvalue weighted by Gasteiger charge is -2.63. The monoisotopic (exact) mass is 1480 g/mol. The lowest BCUT2D eigenvalue weighted by Crippen LogP contribution is -2.59. The molecular formula is C84H118BrN9O9. The number of halogens is 1. The number of aromatic amines is 1. The molecule has 103 heavy (non-hydrogen) atoms. The first-order chi connectivity index (χ1) is 48.8. The number of carbonyl (C=O) groups excluding carboxylic acids is 3. The summed E-state index contributed by atoms with van der Waals surface area (Å²) in [5, 5.41) is 85.4. The van der Waals surface area contributed by atoms with Crippen molar-refractivity contribution in [1.29, 1.82) is 0 Å².